The van der Waals surface area contributed by atoms with Crippen molar-refractivity contribution in [3.63, 3.8) is 0 Å². The van der Waals surface area contributed by atoms with Gasteiger partial charge < -0.3 is 15.2 Å². The fourth-order valence-electron chi connectivity index (χ4n) is 2.45. The SMILES string of the molecule is O=C(NC1CCN(CC(F)(F)F)C1=O)c1cc2ccsc2[nH]1. The lowest BCUT2D eigenvalue weighted by atomic mass is 10.2. The zero-order chi connectivity index (χ0) is 15.9. The molecule has 2 aromatic heterocycles. The molecule has 1 aliphatic heterocycles. The van der Waals surface area contributed by atoms with Gasteiger partial charge in [0.25, 0.3) is 5.91 Å². The first-order valence-electron chi connectivity index (χ1n) is 6.56. The van der Waals surface area contributed by atoms with Crippen molar-refractivity contribution in [3.8, 4) is 0 Å². The third-order valence-electron chi connectivity index (χ3n) is 3.46. The maximum absolute atomic E-state index is 12.3. The minimum absolute atomic E-state index is 0.0108. The number of aromatic amines is 1. The number of amides is 2. The molecule has 1 aliphatic rings. The Bertz CT molecular complexity index is 693. The molecule has 0 aromatic carbocycles. The number of nitrogens with one attached hydrogen (secondary N) is 2. The number of carbonyl (C=O) groups is 2. The van der Waals surface area contributed by atoms with E-state index < -0.39 is 30.6 Å². The van der Waals surface area contributed by atoms with Gasteiger partial charge in [-0.25, -0.2) is 0 Å². The second kappa shape index (κ2) is 5.31. The first-order valence-corrected chi connectivity index (χ1v) is 7.44. The Morgan fingerprint density at radius 1 is 1.50 bits per heavy atom. The molecular weight excluding hydrogens is 319 g/mol. The summed E-state index contributed by atoms with van der Waals surface area (Å²) in [6.45, 7) is -1.29. The minimum atomic E-state index is -4.43. The first-order chi connectivity index (χ1) is 10.3. The standard InChI is InChI=1S/C13H12F3N3O2S/c14-13(15,16)6-19-3-1-8(12(19)21)17-10(20)9-5-7-2-4-22-11(7)18-9/h2,4-5,8,18H,1,3,6H2,(H,17,20). The average molecular weight is 331 g/mol. The van der Waals surface area contributed by atoms with Gasteiger partial charge in [0.15, 0.2) is 0 Å². The fraction of sp³-hybridized carbons (Fsp3) is 0.385. The van der Waals surface area contributed by atoms with E-state index in [1.807, 2.05) is 11.4 Å². The van der Waals surface area contributed by atoms with E-state index in [-0.39, 0.29) is 13.0 Å². The maximum Gasteiger partial charge on any atom is 0.406 e. The molecular formula is C13H12F3N3O2S. The average Bonchev–Trinajstić information content (AvgIpc) is 3.06. The lowest BCUT2D eigenvalue weighted by molar-refractivity contribution is -0.157. The van der Waals surface area contributed by atoms with Crippen LogP contribution in [0.4, 0.5) is 13.2 Å². The Morgan fingerprint density at radius 2 is 2.27 bits per heavy atom. The number of thiophene rings is 1. The molecule has 0 saturated carbocycles. The normalized spacial score (nSPS) is 19.1. The highest BCUT2D eigenvalue weighted by atomic mass is 32.1. The number of carbonyl (C=O) groups excluding carboxylic acids is 2. The number of nitrogens with zero attached hydrogens (tertiary/aromatic N) is 1. The number of rotatable bonds is 3. The molecule has 0 radical (unpaired) electrons. The van der Waals surface area contributed by atoms with Crippen LogP contribution in [0.3, 0.4) is 0 Å². The van der Waals surface area contributed by atoms with Crippen LogP contribution in [0.2, 0.25) is 0 Å². The molecule has 2 aromatic rings. The van der Waals surface area contributed by atoms with Crippen molar-refractivity contribution >= 4 is 33.4 Å². The molecule has 0 bridgehead atoms. The molecule has 2 N–H and O–H groups in total. The summed E-state index contributed by atoms with van der Waals surface area (Å²) >= 11 is 1.44. The molecule has 3 rings (SSSR count). The van der Waals surface area contributed by atoms with E-state index >= 15 is 0 Å². The van der Waals surface area contributed by atoms with Crippen LogP contribution in [0, 0.1) is 0 Å². The van der Waals surface area contributed by atoms with Gasteiger partial charge in [-0.15, -0.1) is 11.3 Å². The molecule has 0 aliphatic carbocycles. The van der Waals surface area contributed by atoms with Crippen molar-refractivity contribution in [1.82, 2.24) is 15.2 Å². The van der Waals surface area contributed by atoms with E-state index in [4.69, 9.17) is 0 Å². The number of aromatic nitrogens is 1. The van der Waals surface area contributed by atoms with Crippen molar-refractivity contribution in [2.75, 3.05) is 13.1 Å². The first kappa shape index (κ1) is 14.9. The van der Waals surface area contributed by atoms with Gasteiger partial charge >= 0.3 is 6.18 Å². The highest BCUT2D eigenvalue weighted by Gasteiger charge is 2.39. The van der Waals surface area contributed by atoms with Gasteiger partial charge in [-0.1, -0.05) is 0 Å². The van der Waals surface area contributed by atoms with Gasteiger partial charge in [-0.05, 0) is 23.9 Å². The third kappa shape index (κ3) is 2.94. The molecule has 3 heterocycles. The van der Waals surface area contributed by atoms with Crippen molar-refractivity contribution in [1.29, 1.82) is 0 Å². The lowest BCUT2D eigenvalue weighted by Crippen LogP contribution is -2.43. The molecule has 1 fully saturated rings. The van der Waals surface area contributed by atoms with Crippen LogP contribution in [0.25, 0.3) is 10.2 Å². The second-order valence-corrected chi connectivity index (χ2v) is 5.99. The van der Waals surface area contributed by atoms with Crippen LogP contribution in [0.1, 0.15) is 16.9 Å². The summed E-state index contributed by atoms with van der Waals surface area (Å²) in [7, 11) is 0. The number of likely N-dealkylation sites (tertiary alicyclic amines) is 1. The Kier molecular flexibility index (Phi) is 3.59. The van der Waals surface area contributed by atoms with Crippen LogP contribution < -0.4 is 5.32 Å². The molecule has 5 nitrogen and oxygen atoms in total. The van der Waals surface area contributed by atoms with E-state index in [0.717, 1.165) is 15.1 Å². The zero-order valence-corrected chi connectivity index (χ0v) is 12.1. The molecule has 0 spiro atoms. The fourth-order valence-corrected chi connectivity index (χ4v) is 3.24. The number of halogens is 3. The molecule has 22 heavy (non-hydrogen) atoms. The van der Waals surface area contributed by atoms with E-state index in [2.05, 4.69) is 10.3 Å². The molecule has 9 heteroatoms. The van der Waals surface area contributed by atoms with E-state index in [0.29, 0.717) is 5.69 Å². The second-order valence-electron chi connectivity index (χ2n) is 5.08. The van der Waals surface area contributed by atoms with Crippen molar-refractivity contribution in [2.24, 2.45) is 0 Å². The maximum atomic E-state index is 12.3. The largest absolute Gasteiger partial charge is 0.406 e. The monoisotopic (exact) mass is 331 g/mol. The van der Waals surface area contributed by atoms with Crippen molar-refractivity contribution < 1.29 is 22.8 Å². The summed E-state index contributed by atoms with van der Waals surface area (Å²) in [4.78, 5) is 28.4. The van der Waals surface area contributed by atoms with Crippen LogP contribution in [-0.4, -0.2) is 47.0 Å². The Morgan fingerprint density at radius 3 is 2.95 bits per heavy atom. The number of alkyl halides is 3. The predicted octanol–water partition coefficient (Wildman–Crippen LogP) is 2.12. The number of hydrogen-bond acceptors (Lipinski definition) is 3. The Hall–Kier alpha value is -2.03. The van der Waals surface area contributed by atoms with Crippen molar-refractivity contribution in [2.45, 2.75) is 18.6 Å². The predicted molar refractivity (Wildman–Crippen MR) is 74.7 cm³/mol. The van der Waals surface area contributed by atoms with Gasteiger partial charge in [0.05, 0.1) is 0 Å². The van der Waals surface area contributed by atoms with E-state index in [9.17, 15) is 22.8 Å². The van der Waals surface area contributed by atoms with Gasteiger partial charge in [0.1, 0.15) is 23.1 Å². The summed E-state index contributed by atoms with van der Waals surface area (Å²) in [5.74, 6) is -1.19. The third-order valence-corrected chi connectivity index (χ3v) is 4.31. The molecule has 118 valence electrons. The molecule has 1 saturated heterocycles. The smallest absolute Gasteiger partial charge is 0.342 e. The quantitative estimate of drug-likeness (QED) is 0.905. The Balaban J connectivity index is 1.65. The molecule has 1 atom stereocenters. The molecule has 1 unspecified atom stereocenters. The minimum Gasteiger partial charge on any atom is -0.342 e. The highest BCUT2D eigenvalue weighted by molar-refractivity contribution is 7.16. The molecule has 2 amide bonds. The van der Waals surface area contributed by atoms with Gasteiger partial charge in [-0.3, -0.25) is 9.59 Å². The van der Waals surface area contributed by atoms with Crippen LogP contribution in [0.5, 0.6) is 0 Å². The highest BCUT2D eigenvalue weighted by Crippen LogP contribution is 2.23. The van der Waals surface area contributed by atoms with Gasteiger partial charge in [-0.2, -0.15) is 13.2 Å². The van der Waals surface area contributed by atoms with Crippen molar-refractivity contribution in [3.05, 3.63) is 23.2 Å². The number of fused-ring (bicyclic) bond motifs is 1. The van der Waals surface area contributed by atoms with Crippen LogP contribution in [-0.2, 0) is 4.79 Å². The summed E-state index contributed by atoms with van der Waals surface area (Å²) < 4.78 is 37.0. The van der Waals surface area contributed by atoms with Crippen LogP contribution >= 0.6 is 11.3 Å². The van der Waals surface area contributed by atoms with Gasteiger partial charge in [0.2, 0.25) is 5.91 Å². The van der Waals surface area contributed by atoms with Crippen LogP contribution in [0.15, 0.2) is 17.5 Å². The summed E-state index contributed by atoms with van der Waals surface area (Å²) in [5.41, 5.74) is 0.295. The topological polar surface area (TPSA) is 65.2 Å². The zero-order valence-electron chi connectivity index (χ0n) is 11.2. The number of H-pyrrole nitrogens is 1. The summed E-state index contributed by atoms with van der Waals surface area (Å²) in [6.07, 6.45) is -4.26. The Labute approximate surface area is 127 Å². The summed E-state index contributed by atoms with van der Waals surface area (Å²) in [5, 5.41) is 5.24. The van der Waals surface area contributed by atoms with Gasteiger partial charge in [0, 0.05) is 11.9 Å². The lowest BCUT2D eigenvalue weighted by Gasteiger charge is -2.18. The number of hydrogen-bond donors (Lipinski definition) is 2. The van der Waals surface area contributed by atoms with E-state index in [1.165, 1.54) is 11.3 Å². The summed E-state index contributed by atoms with van der Waals surface area (Å²) in [6, 6.07) is 2.59. The van der Waals surface area contributed by atoms with E-state index in [1.54, 1.807) is 6.07 Å².